The van der Waals surface area contributed by atoms with Crippen molar-refractivity contribution in [1.82, 2.24) is 0 Å². The van der Waals surface area contributed by atoms with Gasteiger partial charge in [0, 0.05) is 11.1 Å². The number of carbonyl (C=O) groups is 2. The minimum atomic E-state index is -3.05. The molecule has 19 heavy (non-hydrogen) atoms. The smallest absolute Gasteiger partial charge is 0.294 e. The zero-order valence-electron chi connectivity index (χ0n) is 9.98. The number of hydrogen-bond acceptors (Lipinski definition) is 4. The van der Waals surface area contributed by atoms with Gasteiger partial charge in [-0.2, -0.15) is 0 Å². The first-order valence-electron chi connectivity index (χ1n) is 5.68. The summed E-state index contributed by atoms with van der Waals surface area (Å²) in [5.41, 5.74) is 0.133. The van der Waals surface area contributed by atoms with E-state index in [9.17, 15) is 19.8 Å². The molecule has 0 spiro atoms. The summed E-state index contributed by atoms with van der Waals surface area (Å²) in [7, 11) is 0. The zero-order valence-corrected chi connectivity index (χ0v) is 9.98. The summed E-state index contributed by atoms with van der Waals surface area (Å²) in [6.07, 6.45) is 0. The second-order valence-electron chi connectivity index (χ2n) is 4.06. The van der Waals surface area contributed by atoms with E-state index in [-0.39, 0.29) is 11.1 Å². The molecule has 0 radical (unpaired) electrons. The van der Waals surface area contributed by atoms with Crippen LogP contribution in [0.4, 0.5) is 0 Å². The summed E-state index contributed by atoms with van der Waals surface area (Å²) in [5, 5.41) is 19.6. The van der Waals surface area contributed by atoms with Crippen molar-refractivity contribution in [2.75, 3.05) is 0 Å². The molecule has 0 aromatic heterocycles. The standard InChI is InChI=1S/C15H12O4/c16-13(11-7-3-1-4-8-11)15(18,19)14(17)12-9-5-2-6-10-12/h1-10,18-19H. The fourth-order valence-corrected chi connectivity index (χ4v) is 1.68. The summed E-state index contributed by atoms with van der Waals surface area (Å²) >= 11 is 0. The number of carbonyl (C=O) groups excluding carboxylic acids is 2. The molecule has 4 heteroatoms. The highest BCUT2D eigenvalue weighted by atomic mass is 16.5. The van der Waals surface area contributed by atoms with Gasteiger partial charge in [0.2, 0.25) is 11.6 Å². The van der Waals surface area contributed by atoms with Crippen molar-refractivity contribution in [3.05, 3.63) is 71.8 Å². The Morgan fingerprint density at radius 1 is 0.684 bits per heavy atom. The molecule has 0 aliphatic carbocycles. The van der Waals surface area contributed by atoms with Crippen LogP contribution in [0.5, 0.6) is 0 Å². The Hall–Kier alpha value is -2.30. The van der Waals surface area contributed by atoms with E-state index < -0.39 is 17.4 Å². The fraction of sp³-hybridized carbons (Fsp3) is 0.0667. The number of hydrogen-bond donors (Lipinski definition) is 2. The van der Waals surface area contributed by atoms with Crippen molar-refractivity contribution >= 4 is 11.6 Å². The number of aliphatic hydroxyl groups is 2. The largest absolute Gasteiger partial charge is 0.353 e. The number of benzene rings is 2. The molecule has 2 aromatic carbocycles. The van der Waals surface area contributed by atoms with Gasteiger partial charge in [-0.15, -0.1) is 0 Å². The maximum Gasteiger partial charge on any atom is 0.294 e. The molecule has 0 fully saturated rings. The fourth-order valence-electron chi connectivity index (χ4n) is 1.68. The molecule has 0 amide bonds. The van der Waals surface area contributed by atoms with E-state index in [2.05, 4.69) is 0 Å². The van der Waals surface area contributed by atoms with Gasteiger partial charge in [-0.05, 0) is 0 Å². The van der Waals surface area contributed by atoms with E-state index in [0.717, 1.165) is 0 Å². The van der Waals surface area contributed by atoms with Crippen molar-refractivity contribution in [2.45, 2.75) is 5.79 Å². The summed E-state index contributed by atoms with van der Waals surface area (Å²) in [6.45, 7) is 0. The molecule has 0 heterocycles. The van der Waals surface area contributed by atoms with E-state index >= 15 is 0 Å². The first-order valence-corrected chi connectivity index (χ1v) is 5.68. The predicted molar refractivity (Wildman–Crippen MR) is 68.7 cm³/mol. The third kappa shape index (κ3) is 2.59. The van der Waals surface area contributed by atoms with Crippen LogP contribution in [-0.4, -0.2) is 27.6 Å². The molecule has 0 atom stereocenters. The van der Waals surface area contributed by atoms with Gasteiger partial charge in [0.1, 0.15) is 0 Å². The molecule has 0 saturated carbocycles. The average Bonchev–Trinajstić information content (AvgIpc) is 2.47. The normalized spacial score (nSPS) is 11.1. The Morgan fingerprint density at radius 2 is 1.00 bits per heavy atom. The number of ketones is 2. The molecular weight excluding hydrogens is 244 g/mol. The summed E-state index contributed by atoms with van der Waals surface area (Å²) < 4.78 is 0. The maximum absolute atomic E-state index is 12.0. The van der Waals surface area contributed by atoms with Crippen LogP contribution in [-0.2, 0) is 0 Å². The maximum atomic E-state index is 12.0. The second kappa shape index (κ2) is 5.14. The van der Waals surface area contributed by atoms with Gasteiger partial charge >= 0.3 is 0 Å². The van der Waals surface area contributed by atoms with E-state index in [1.54, 1.807) is 36.4 Å². The van der Waals surface area contributed by atoms with Crippen LogP contribution in [0.2, 0.25) is 0 Å². The van der Waals surface area contributed by atoms with Crippen LogP contribution in [0.1, 0.15) is 20.7 Å². The molecule has 2 rings (SSSR count). The minimum absolute atomic E-state index is 0.0665. The number of Topliss-reactive ketones (excluding diaryl/α,β-unsaturated/α-hetero) is 2. The van der Waals surface area contributed by atoms with Crippen LogP contribution >= 0.6 is 0 Å². The SMILES string of the molecule is O=C(c1ccccc1)C(O)(O)C(=O)c1ccccc1. The van der Waals surface area contributed by atoms with Gasteiger partial charge in [0.05, 0.1) is 0 Å². The predicted octanol–water partition coefficient (Wildman–Crippen LogP) is 1.43. The van der Waals surface area contributed by atoms with Crippen molar-refractivity contribution in [2.24, 2.45) is 0 Å². The highest BCUT2D eigenvalue weighted by molar-refractivity contribution is 6.20. The highest BCUT2D eigenvalue weighted by Crippen LogP contribution is 2.17. The molecule has 0 saturated heterocycles. The van der Waals surface area contributed by atoms with Crippen LogP contribution in [0.15, 0.2) is 60.7 Å². The molecule has 96 valence electrons. The molecule has 0 aliphatic heterocycles. The molecule has 2 N–H and O–H groups in total. The van der Waals surface area contributed by atoms with E-state index in [1.807, 2.05) is 0 Å². The van der Waals surface area contributed by atoms with Crippen LogP contribution in [0, 0.1) is 0 Å². The molecule has 4 nitrogen and oxygen atoms in total. The van der Waals surface area contributed by atoms with Crippen molar-refractivity contribution in [1.29, 1.82) is 0 Å². The summed E-state index contributed by atoms with van der Waals surface area (Å²) in [4.78, 5) is 23.9. The Labute approximate surface area is 109 Å². The van der Waals surface area contributed by atoms with E-state index in [0.29, 0.717) is 0 Å². The molecular formula is C15H12O4. The highest BCUT2D eigenvalue weighted by Gasteiger charge is 2.42. The van der Waals surface area contributed by atoms with E-state index in [1.165, 1.54) is 24.3 Å². The topological polar surface area (TPSA) is 74.6 Å². The zero-order chi connectivity index (χ0) is 13.9. The van der Waals surface area contributed by atoms with Crippen LogP contribution in [0.3, 0.4) is 0 Å². The Morgan fingerprint density at radius 3 is 1.32 bits per heavy atom. The molecule has 2 aromatic rings. The first kappa shape index (κ1) is 13.1. The van der Waals surface area contributed by atoms with Gasteiger partial charge in [-0.3, -0.25) is 9.59 Å². The lowest BCUT2D eigenvalue weighted by Crippen LogP contribution is -2.46. The monoisotopic (exact) mass is 256 g/mol. The summed E-state index contributed by atoms with van der Waals surface area (Å²) in [6, 6.07) is 15.4. The third-order valence-corrected chi connectivity index (χ3v) is 2.71. The average molecular weight is 256 g/mol. The van der Waals surface area contributed by atoms with Crippen molar-refractivity contribution in [3.63, 3.8) is 0 Å². The Balaban J connectivity index is 2.33. The third-order valence-electron chi connectivity index (χ3n) is 2.71. The molecule has 0 bridgehead atoms. The first-order chi connectivity index (χ1) is 9.03. The van der Waals surface area contributed by atoms with Crippen molar-refractivity contribution < 1.29 is 19.8 Å². The number of rotatable bonds is 4. The lowest BCUT2D eigenvalue weighted by molar-refractivity contribution is -0.0889. The van der Waals surface area contributed by atoms with Crippen LogP contribution in [0.25, 0.3) is 0 Å². The lowest BCUT2D eigenvalue weighted by Gasteiger charge is -2.18. The Bertz CT molecular complexity index is 535. The lowest BCUT2D eigenvalue weighted by atomic mass is 9.95. The van der Waals surface area contributed by atoms with Gasteiger partial charge in [0.15, 0.2) is 0 Å². The van der Waals surface area contributed by atoms with Gasteiger partial charge in [-0.25, -0.2) is 0 Å². The quantitative estimate of drug-likeness (QED) is 0.493. The second-order valence-corrected chi connectivity index (χ2v) is 4.06. The molecule has 0 aliphatic rings. The summed E-state index contributed by atoms with van der Waals surface area (Å²) in [5.74, 6) is -5.13. The van der Waals surface area contributed by atoms with Gasteiger partial charge in [-0.1, -0.05) is 60.7 Å². The van der Waals surface area contributed by atoms with Crippen LogP contribution < -0.4 is 0 Å². The van der Waals surface area contributed by atoms with Gasteiger partial charge in [0.25, 0.3) is 5.79 Å². The van der Waals surface area contributed by atoms with Gasteiger partial charge < -0.3 is 10.2 Å². The Kier molecular flexibility index (Phi) is 3.55. The van der Waals surface area contributed by atoms with Crippen molar-refractivity contribution in [3.8, 4) is 0 Å². The minimum Gasteiger partial charge on any atom is -0.353 e. The van der Waals surface area contributed by atoms with E-state index in [4.69, 9.17) is 0 Å². The molecule has 0 unspecified atom stereocenters.